The molecule has 6 heteroatoms. The maximum absolute atomic E-state index is 12.5. The summed E-state index contributed by atoms with van der Waals surface area (Å²) in [4.78, 5) is 0.318. The molecule has 0 radical (unpaired) electrons. The van der Waals surface area contributed by atoms with Crippen LogP contribution in [0.3, 0.4) is 0 Å². The maximum atomic E-state index is 12.5. The van der Waals surface area contributed by atoms with Crippen LogP contribution in [0.5, 0.6) is 0 Å². The molecule has 1 aliphatic rings. The molecule has 0 aromatic heterocycles. The molecule has 0 saturated heterocycles. The van der Waals surface area contributed by atoms with Crippen LogP contribution in [0.25, 0.3) is 0 Å². The highest BCUT2D eigenvalue weighted by molar-refractivity contribution is 7.89. The van der Waals surface area contributed by atoms with Crippen LogP contribution in [0.4, 0.5) is 0 Å². The van der Waals surface area contributed by atoms with Gasteiger partial charge in [-0.2, -0.15) is 0 Å². The summed E-state index contributed by atoms with van der Waals surface area (Å²) >= 11 is 6.11. The summed E-state index contributed by atoms with van der Waals surface area (Å²) in [6.45, 7) is 3.99. The highest BCUT2D eigenvalue weighted by Crippen LogP contribution is 2.31. The summed E-state index contributed by atoms with van der Waals surface area (Å²) in [6.07, 6.45) is 2.26. The van der Waals surface area contributed by atoms with Gasteiger partial charge in [0.15, 0.2) is 0 Å². The molecule has 0 aliphatic heterocycles. The number of sulfonamides is 1. The van der Waals surface area contributed by atoms with Gasteiger partial charge >= 0.3 is 0 Å². The van der Waals surface area contributed by atoms with E-state index in [1.165, 1.54) is 4.31 Å². The van der Waals surface area contributed by atoms with Crippen molar-refractivity contribution in [1.82, 2.24) is 9.62 Å². The molecule has 0 unspecified atom stereocenters. The van der Waals surface area contributed by atoms with E-state index in [0.29, 0.717) is 28.9 Å². The Balaban J connectivity index is 2.21. The molecule has 0 heterocycles. The number of benzene rings is 1. The lowest BCUT2D eigenvalue weighted by Crippen LogP contribution is -2.29. The van der Waals surface area contributed by atoms with Crippen LogP contribution >= 0.6 is 11.6 Å². The highest BCUT2D eigenvalue weighted by Gasteiger charge is 2.29. The fraction of sp³-hybridized carbons (Fsp3) is 0.571. The van der Waals surface area contributed by atoms with Gasteiger partial charge in [0.1, 0.15) is 0 Å². The standard InChI is InChI=1S/C14H21ClN2O2S/c1-3-16-9-12-8-13(6-7-14(12)15)20(18,19)17(2)10-11-4-5-11/h6-8,11,16H,3-5,9-10H2,1-2H3. The quantitative estimate of drug-likeness (QED) is 0.840. The van der Waals surface area contributed by atoms with E-state index in [-0.39, 0.29) is 0 Å². The van der Waals surface area contributed by atoms with Crippen molar-refractivity contribution in [1.29, 1.82) is 0 Å². The predicted molar refractivity (Wildman–Crippen MR) is 81.4 cm³/mol. The molecular weight excluding hydrogens is 296 g/mol. The first kappa shape index (κ1) is 15.8. The molecular formula is C14H21ClN2O2S. The van der Waals surface area contributed by atoms with Crippen molar-refractivity contribution in [3.05, 3.63) is 28.8 Å². The van der Waals surface area contributed by atoms with E-state index in [4.69, 9.17) is 11.6 Å². The van der Waals surface area contributed by atoms with Crippen molar-refractivity contribution < 1.29 is 8.42 Å². The third kappa shape index (κ3) is 3.73. The summed E-state index contributed by atoms with van der Waals surface area (Å²) in [5.74, 6) is 0.531. The Morgan fingerprint density at radius 1 is 1.40 bits per heavy atom. The third-order valence-electron chi connectivity index (χ3n) is 3.50. The van der Waals surface area contributed by atoms with E-state index in [1.54, 1.807) is 25.2 Å². The predicted octanol–water partition coefficient (Wildman–Crippen LogP) is 2.48. The summed E-state index contributed by atoms with van der Waals surface area (Å²) < 4.78 is 26.4. The maximum Gasteiger partial charge on any atom is 0.242 e. The average molecular weight is 317 g/mol. The fourth-order valence-electron chi connectivity index (χ4n) is 2.05. The van der Waals surface area contributed by atoms with Gasteiger partial charge in [-0.25, -0.2) is 12.7 Å². The third-order valence-corrected chi connectivity index (χ3v) is 5.69. The normalized spacial score (nSPS) is 15.8. The van der Waals surface area contributed by atoms with Crippen LogP contribution in [-0.4, -0.2) is 32.9 Å². The lowest BCUT2D eigenvalue weighted by molar-refractivity contribution is 0.453. The molecule has 112 valence electrons. The Hall–Kier alpha value is -0.620. The first-order chi connectivity index (χ1) is 9.45. The molecule has 1 fully saturated rings. The Morgan fingerprint density at radius 2 is 2.10 bits per heavy atom. The van der Waals surface area contributed by atoms with Crippen molar-refractivity contribution in [2.24, 2.45) is 5.92 Å². The lowest BCUT2D eigenvalue weighted by Gasteiger charge is -2.17. The molecule has 20 heavy (non-hydrogen) atoms. The number of nitrogens with zero attached hydrogens (tertiary/aromatic N) is 1. The summed E-state index contributed by atoms with van der Waals surface area (Å²) in [5, 5.41) is 3.75. The molecule has 1 saturated carbocycles. The van der Waals surface area contributed by atoms with Gasteiger partial charge in [0.05, 0.1) is 4.90 Å². The first-order valence-electron chi connectivity index (χ1n) is 6.90. The second kappa shape index (κ2) is 6.43. The minimum Gasteiger partial charge on any atom is -0.313 e. The van der Waals surface area contributed by atoms with Crippen molar-refractivity contribution in [2.45, 2.75) is 31.2 Å². The van der Waals surface area contributed by atoms with Gasteiger partial charge in [0.25, 0.3) is 0 Å². The van der Waals surface area contributed by atoms with Crippen LogP contribution in [-0.2, 0) is 16.6 Å². The first-order valence-corrected chi connectivity index (χ1v) is 8.72. The Labute approximate surface area is 126 Å². The zero-order chi connectivity index (χ0) is 14.8. The number of rotatable bonds is 7. The van der Waals surface area contributed by atoms with Crippen molar-refractivity contribution in [2.75, 3.05) is 20.1 Å². The molecule has 1 N–H and O–H groups in total. The van der Waals surface area contributed by atoms with Crippen molar-refractivity contribution >= 4 is 21.6 Å². The topological polar surface area (TPSA) is 49.4 Å². The van der Waals surface area contributed by atoms with Crippen LogP contribution < -0.4 is 5.32 Å². The molecule has 1 aromatic carbocycles. The second-order valence-electron chi connectivity index (χ2n) is 5.26. The van der Waals surface area contributed by atoms with Gasteiger partial charge in [0.2, 0.25) is 10.0 Å². The molecule has 0 amide bonds. The van der Waals surface area contributed by atoms with E-state index >= 15 is 0 Å². The Morgan fingerprint density at radius 3 is 2.70 bits per heavy atom. The lowest BCUT2D eigenvalue weighted by atomic mass is 10.2. The van der Waals surface area contributed by atoms with Crippen LogP contribution in [0, 0.1) is 5.92 Å². The molecule has 0 atom stereocenters. The molecule has 2 rings (SSSR count). The van der Waals surface area contributed by atoms with Crippen molar-refractivity contribution in [3.8, 4) is 0 Å². The summed E-state index contributed by atoms with van der Waals surface area (Å²) in [5.41, 5.74) is 0.814. The van der Waals surface area contributed by atoms with E-state index in [2.05, 4.69) is 5.32 Å². The molecule has 1 aliphatic carbocycles. The largest absolute Gasteiger partial charge is 0.313 e. The van der Waals surface area contributed by atoms with E-state index in [9.17, 15) is 8.42 Å². The molecule has 0 bridgehead atoms. The fourth-order valence-corrected chi connectivity index (χ4v) is 3.53. The average Bonchev–Trinajstić information content (AvgIpc) is 3.21. The van der Waals surface area contributed by atoms with Gasteiger partial charge in [-0.15, -0.1) is 0 Å². The molecule has 1 aromatic rings. The zero-order valence-corrected chi connectivity index (χ0v) is 13.5. The van der Waals surface area contributed by atoms with Crippen LogP contribution in [0.2, 0.25) is 5.02 Å². The minimum atomic E-state index is -3.41. The van der Waals surface area contributed by atoms with E-state index in [1.807, 2.05) is 6.92 Å². The minimum absolute atomic E-state index is 0.318. The Bertz CT molecular complexity index is 571. The van der Waals surface area contributed by atoms with Gasteiger partial charge < -0.3 is 5.32 Å². The van der Waals surface area contributed by atoms with Gasteiger partial charge in [0, 0.05) is 25.2 Å². The van der Waals surface area contributed by atoms with Gasteiger partial charge in [-0.05, 0) is 49.1 Å². The van der Waals surface area contributed by atoms with Gasteiger partial charge in [-0.1, -0.05) is 18.5 Å². The molecule has 4 nitrogen and oxygen atoms in total. The number of nitrogens with one attached hydrogen (secondary N) is 1. The van der Waals surface area contributed by atoms with Crippen LogP contribution in [0.15, 0.2) is 23.1 Å². The number of halogens is 1. The van der Waals surface area contributed by atoms with E-state index < -0.39 is 10.0 Å². The number of hydrogen-bond acceptors (Lipinski definition) is 3. The second-order valence-corrected chi connectivity index (χ2v) is 7.71. The number of hydrogen-bond donors (Lipinski definition) is 1. The monoisotopic (exact) mass is 316 g/mol. The smallest absolute Gasteiger partial charge is 0.242 e. The highest BCUT2D eigenvalue weighted by atomic mass is 35.5. The summed E-state index contributed by atoms with van der Waals surface area (Å²) in [7, 11) is -1.77. The zero-order valence-electron chi connectivity index (χ0n) is 11.9. The van der Waals surface area contributed by atoms with E-state index in [0.717, 1.165) is 24.9 Å². The van der Waals surface area contributed by atoms with Crippen LogP contribution in [0.1, 0.15) is 25.3 Å². The summed E-state index contributed by atoms with van der Waals surface area (Å²) in [6, 6.07) is 4.91. The SMILES string of the molecule is CCNCc1cc(S(=O)(=O)N(C)CC2CC2)ccc1Cl. The van der Waals surface area contributed by atoms with Crippen molar-refractivity contribution in [3.63, 3.8) is 0 Å². The molecule has 0 spiro atoms. The Kier molecular flexibility index (Phi) is 5.07. The van der Waals surface area contributed by atoms with Gasteiger partial charge in [-0.3, -0.25) is 0 Å².